The molecule has 2 nitrogen and oxygen atoms in total. The minimum atomic E-state index is 0.0674. The minimum Gasteiger partial charge on any atom is -0.309 e. The van der Waals surface area contributed by atoms with Crippen molar-refractivity contribution in [2.24, 2.45) is 0 Å². The lowest BCUT2D eigenvalue weighted by molar-refractivity contribution is 0.152. The molecule has 1 unspecified atom stereocenters. The quantitative estimate of drug-likeness (QED) is 0.852. The first kappa shape index (κ1) is 11.9. The first-order chi connectivity index (χ1) is 7.66. The lowest BCUT2D eigenvalue weighted by atomic mass is 9.82. The van der Waals surface area contributed by atoms with Crippen LogP contribution in [-0.2, 0) is 5.54 Å². The van der Waals surface area contributed by atoms with Crippen molar-refractivity contribution in [1.29, 1.82) is 0 Å². The van der Waals surface area contributed by atoms with E-state index in [2.05, 4.69) is 29.4 Å². The van der Waals surface area contributed by atoms with E-state index in [4.69, 9.17) is 11.6 Å². The van der Waals surface area contributed by atoms with Crippen LogP contribution in [-0.4, -0.2) is 32.1 Å². The lowest BCUT2D eigenvalue weighted by Crippen LogP contribution is -2.52. The van der Waals surface area contributed by atoms with Gasteiger partial charge in [-0.2, -0.15) is 0 Å². The zero-order valence-corrected chi connectivity index (χ0v) is 10.7. The number of hydrogen-bond donors (Lipinski definition) is 1. The standard InChI is InChI=1S/C13H19ClN2/c1-15-13(7-4-8-16(2)10-13)11-5-3-6-12(14)9-11/h3,5-6,9,15H,4,7-8,10H2,1-2H3. The summed E-state index contributed by atoms with van der Waals surface area (Å²) in [7, 11) is 4.22. The molecule has 16 heavy (non-hydrogen) atoms. The molecule has 88 valence electrons. The number of benzene rings is 1. The number of piperidine rings is 1. The van der Waals surface area contributed by atoms with Gasteiger partial charge in [0.05, 0.1) is 5.54 Å². The van der Waals surface area contributed by atoms with E-state index in [1.807, 2.05) is 19.2 Å². The molecule has 0 aliphatic carbocycles. The molecule has 3 heteroatoms. The largest absolute Gasteiger partial charge is 0.309 e. The van der Waals surface area contributed by atoms with E-state index >= 15 is 0 Å². The van der Waals surface area contributed by atoms with Gasteiger partial charge >= 0.3 is 0 Å². The summed E-state index contributed by atoms with van der Waals surface area (Å²) in [5, 5.41) is 4.31. The second-order valence-electron chi connectivity index (χ2n) is 4.68. The van der Waals surface area contributed by atoms with Gasteiger partial charge in [-0.25, -0.2) is 0 Å². The third kappa shape index (κ3) is 2.24. The van der Waals surface area contributed by atoms with Crippen molar-refractivity contribution in [2.45, 2.75) is 18.4 Å². The first-order valence-electron chi connectivity index (χ1n) is 5.80. The van der Waals surface area contributed by atoms with Gasteiger partial charge in [0.25, 0.3) is 0 Å². The zero-order valence-electron chi connectivity index (χ0n) is 9.96. The van der Waals surface area contributed by atoms with Crippen molar-refractivity contribution in [1.82, 2.24) is 10.2 Å². The highest BCUT2D eigenvalue weighted by Gasteiger charge is 2.34. The fourth-order valence-electron chi connectivity index (χ4n) is 2.64. The number of hydrogen-bond acceptors (Lipinski definition) is 2. The van der Waals surface area contributed by atoms with Crippen LogP contribution in [0.15, 0.2) is 24.3 Å². The summed E-state index contributed by atoms with van der Waals surface area (Å²) in [5.41, 5.74) is 1.37. The predicted octanol–water partition coefficient (Wildman–Crippen LogP) is 2.48. The van der Waals surface area contributed by atoms with Gasteiger partial charge in [-0.15, -0.1) is 0 Å². The van der Waals surface area contributed by atoms with E-state index in [-0.39, 0.29) is 5.54 Å². The zero-order chi connectivity index (χ0) is 11.6. The van der Waals surface area contributed by atoms with Crippen molar-refractivity contribution in [3.05, 3.63) is 34.9 Å². The molecule has 1 aromatic rings. The Kier molecular flexibility index (Phi) is 3.53. The van der Waals surface area contributed by atoms with Gasteiger partial charge in [0.15, 0.2) is 0 Å². The van der Waals surface area contributed by atoms with E-state index in [0.717, 1.165) is 11.6 Å². The maximum atomic E-state index is 6.08. The highest BCUT2D eigenvalue weighted by atomic mass is 35.5. The van der Waals surface area contributed by atoms with Crippen molar-refractivity contribution in [3.8, 4) is 0 Å². The van der Waals surface area contributed by atoms with Crippen LogP contribution in [0.4, 0.5) is 0 Å². The molecule has 0 radical (unpaired) electrons. The summed E-state index contributed by atoms with van der Waals surface area (Å²) in [4.78, 5) is 2.38. The number of nitrogens with one attached hydrogen (secondary N) is 1. The molecule has 1 N–H and O–H groups in total. The van der Waals surface area contributed by atoms with Crippen LogP contribution in [0.1, 0.15) is 18.4 Å². The summed E-state index contributed by atoms with van der Waals surface area (Å²) >= 11 is 6.08. The molecule has 2 rings (SSSR count). The van der Waals surface area contributed by atoms with Crippen molar-refractivity contribution in [2.75, 3.05) is 27.2 Å². The van der Waals surface area contributed by atoms with E-state index < -0.39 is 0 Å². The van der Waals surface area contributed by atoms with Crippen molar-refractivity contribution < 1.29 is 0 Å². The van der Waals surface area contributed by atoms with Gasteiger partial charge in [-0.05, 0) is 51.2 Å². The summed E-state index contributed by atoms with van der Waals surface area (Å²) in [6, 6.07) is 8.21. The van der Waals surface area contributed by atoms with Gasteiger partial charge in [-0.3, -0.25) is 0 Å². The Bertz CT molecular complexity index is 367. The molecular formula is C13H19ClN2. The van der Waals surface area contributed by atoms with Crippen LogP contribution >= 0.6 is 11.6 Å². The molecule has 1 aliphatic rings. The molecular weight excluding hydrogens is 220 g/mol. The summed E-state index contributed by atoms with van der Waals surface area (Å²) < 4.78 is 0. The second-order valence-corrected chi connectivity index (χ2v) is 5.12. The molecule has 1 saturated heterocycles. The van der Waals surface area contributed by atoms with E-state index in [0.29, 0.717) is 0 Å². The SMILES string of the molecule is CNC1(c2cccc(Cl)c2)CCCN(C)C1. The van der Waals surface area contributed by atoms with Crippen LogP contribution in [0, 0.1) is 0 Å². The Labute approximate surface area is 103 Å². The van der Waals surface area contributed by atoms with E-state index in [1.165, 1.54) is 24.9 Å². The van der Waals surface area contributed by atoms with E-state index in [1.54, 1.807) is 0 Å². The highest BCUT2D eigenvalue weighted by molar-refractivity contribution is 6.30. The highest BCUT2D eigenvalue weighted by Crippen LogP contribution is 2.31. The van der Waals surface area contributed by atoms with Gasteiger partial charge < -0.3 is 10.2 Å². The maximum Gasteiger partial charge on any atom is 0.0561 e. The summed E-state index contributed by atoms with van der Waals surface area (Å²) in [6.45, 7) is 2.23. The fourth-order valence-corrected chi connectivity index (χ4v) is 2.83. The third-order valence-corrected chi connectivity index (χ3v) is 3.77. The van der Waals surface area contributed by atoms with Gasteiger partial charge in [0.1, 0.15) is 0 Å². The van der Waals surface area contributed by atoms with Gasteiger partial charge in [-0.1, -0.05) is 23.7 Å². The minimum absolute atomic E-state index is 0.0674. The van der Waals surface area contributed by atoms with Gasteiger partial charge in [0.2, 0.25) is 0 Å². The molecule has 0 saturated carbocycles. The number of nitrogens with zero attached hydrogens (tertiary/aromatic N) is 1. The third-order valence-electron chi connectivity index (χ3n) is 3.54. The Morgan fingerprint density at radius 3 is 2.88 bits per heavy atom. The van der Waals surface area contributed by atoms with Crippen molar-refractivity contribution in [3.63, 3.8) is 0 Å². The number of halogens is 1. The molecule has 0 amide bonds. The molecule has 1 fully saturated rings. The fraction of sp³-hybridized carbons (Fsp3) is 0.538. The molecule has 1 heterocycles. The maximum absolute atomic E-state index is 6.08. The predicted molar refractivity (Wildman–Crippen MR) is 68.9 cm³/mol. The van der Waals surface area contributed by atoms with Crippen LogP contribution in [0.25, 0.3) is 0 Å². The Hall–Kier alpha value is -0.570. The molecule has 1 aliphatic heterocycles. The summed E-state index contributed by atoms with van der Waals surface area (Å²) in [6.07, 6.45) is 2.40. The normalized spacial score (nSPS) is 26.9. The average Bonchev–Trinajstić information content (AvgIpc) is 2.29. The van der Waals surface area contributed by atoms with Crippen LogP contribution in [0.5, 0.6) is 0 Å². The topological polar surface area (TPSA) is 15.3 Å². The first-order valence-corrected chi connectivity index (χ1v) is 6.18. The number of likely N-dealkylation sites (N-methyl/N-ethyl adjacent to an activating group) is 2. The molecule has 0 aromatic heterocycles. The monoisotopic (exact) mass is 238 g/mol. The molecule has 1 aromatic carbocycles. The number of rotatable bonds is 2. The van der Waals surface area contributed by atoms with Gasteiger partial charge in [0, 0.05) is 11.6 Å². The Balaban J connectivity index is 2.33. The second kappa shape index (κ2) is 4.74. The molecule has 0 bridgehead atoms. The Morgan fingerprint density at radius 1 is 1.44 bits per heavy atom. The van der Waals surface area contributed by atoms with Crippen molar-refractivity contribution >= 4 is 11.6 Å². The molecule has 1 atom stereocenters. The number of likely N-dealkylation sites (tertiary alicyclic amines) is 1. The van der Waals surface area contributed by atoms with Crippen LogP contribution in [0.2, 0.25) is 5.02 Å². The van der Waals surface area contributed by atoms with Crippen LogP contribution < -0.4 is 5.32 Å². The smallest absolute Gasteiger partial charge is 0.0561 e. The lowest BCUT2D eigenvalue weighted by Gasteiger charge is -2.42. The van der Waals surface area contributed by atoms with Crippen LogP contribution in [0.3, 0.4) is 0 Å². The molecule has 0 spiro atoms. The Morgan fingerprint density at radius 2 is 2.25 bits per heavy atom. The average molecular weight is 239 g/mol. The van der Waals surface area contributed by atoms with E-state index in [9.17, 15) is 0 Å². The summed E-state index contributed by atoms with van der Waals surface area (Å²) in [5.74, 6) is 0.